The molecule has 0 saturated carbocycles. The first-order chi connectivity index (χ1) is 15.9. The van der Waals surface area contributed by atoms with Crippen LogP contribution in [0.1, 0.15) is 11.1 Å². The van der Waals surface area contributed by atoms with Crippen molar-refractivity contribution in [2.75, 3.05) is 5.73 Å². The van der Waals surface area contributed by atoms with Crippen molar-refractivity contribution in [3.63, 3.8) is 0 Å². The maximum atomic E-state index is 13.1. The Labute approximate surface area is 194 Å². The molecule has 0 aliphatic rings. The van der Waals surface area contributed by atoms with Crippen LogP contribution in [0.2, 0.25) is 0 Å². The first-order valence-electron chi connectivity index (χ1n) is 9.61. The van der Waals surface area contributed by atoms with Crippen molar-refractivity contribution in [1.82, 2.24) is 4.98 Å². The zero-order valence-corrected chi connectivity index (χ0v) is 17.9. The van der Waals surface area contributed by atoms with Crippen molar-refractivity contribution in [3.8, 4) is 11.3 Å². The third kappa shape index (κ3) is 4.84. The molecule has 2 N–H and O–H groups in total. The van der Waals surface area contributed by atoms with E-state index in [0.717, 1.165) is 10.8 Å². The second kappa shape index (κ2) is 8.64. The summed E-state index contributed by atoms with van der Waals surface area (Å²) in [5, 5.41) is 9.70. The largest absolute Gasteiger partial charge is 0.416 e. The van der Waals surface area contributed by atoms with Crippen molar-refractivity contribution in [1.29, 1.82) is 0 Å². The predicted octanol–water partition coefficient (Wildman–Crippen LogP) is 8.23. The van der Waals surface area contributed by atoms with Gasteiger partial charge in [0, 0.05) is 15.8 Å². The molecule has 3 aromatic carbocycles. The maximum Gasteiger partial charge on any atom is 0.416 e. The smallest absolute Gasteiger partial charge is 0.396 e. The number of benzene rings is 3. The Hall–Kier alpha value is -3.60. The number of hydrogen-bond acceptors (Lipinski definition) is 5. The summed E-state index contributed by atoms with van der Waals surface area (Å²) in [5.74, 6) is 0. The van der Waals surface area contributed by atoms with E-state index in [1.807, 2.05) is 24.3 Å². The van der Waals surface area contributed by atoms with Crippen LogP contribution in [0.3, 0.4) is 0 Å². The van der Waals surface area contributed by atoms with Gasteiger partial charge < -0.3 is 5.73 Å². The molecular formula is C23H14F6N4S. The number of rotatable bonds is 3. The minimum atomic E-state index is -4.95. The number of nitrogen functional groups attached to an aromatic ring is 1. The van der Waals surface area contributed by atoms with E-state index in [4.69, 9.17) is 5.73 Å². The first kappa shape index (κ1) is 23.6. The molecule has 34 heavy (non-hydrogen) atoms. The van der Waals surface area contributed by atoms with Crippen molar-refractivity contribution in [2.45, 2.75) is 17.2 Å². The molecule has 0 fully saturated rings. The van der Waals surface area contributed by atoms with E-state index in [1.54, 1.807) is 6.07 Å². The quantitative estimate of drug-likeness (QED) is 0.131. The van der Waals surface area contributed by atoms with Crippen LogP contribution in [0, 0.1) is 0 Å². The molecule has 0 radical (unpaired) electrons. The standard InChI is InChI=1S/C23H14F6N4S/c24-22(25,26)13-7-12(8-14(9-13)23(27,28)29)18-6-5-15(11-31-18)32-33-19-10-20(34)16-3-1-2-4-17(16)21(19)30/h1-11,34H,30H2/b33-32+. The molecule has 4 nitrogen and oxygen atoms in total. The van der Waals surface area contributed by atoms with Crippen molar-refractivity contribution >= 4 is 40.5 Å². The van der Waals surface area contributed by atoms with Gasteiger partial charge in [-0.05, 0) is 41.8 Å². The van der Waals surface area contributed by atoms with E-state index in [9.17, 15) is 26.3 Å². The topological polar surface area (TPSA) is 63.6 Å². The van der Waals surface area contributed by atoms with E-state index in [0.29, 0.717) is 28.4 Å². The maximum absolute atomic E-state index is 13.1. The Morgan fingerprint density at radius 1 is 0.765 bits per heavy atom. The molecule has 0 aliphatic carbocycles. The molecule has 0 saturated heterocycles. The Kier molecular flexibility index (Phi) is 5.98. The Morgan fingerprint density at radius 2 is 1.38 bits per heavy atom. The fourth-order valence-corrected chi connectivity index (χ4v) is 3.59. The Bertz CT molecular complexity index is 1360. The second-order valence-corrected chi connectivity index (χ2v) is 7.75. The minimum absolute atomic E-state index is 0.0652. The van der Waals surface area contributed by atoms with Crippen LogP contribution < -0.4 is 5.73 Å². The molecule has 1 aromatic heterocycles. The minimum Gasteiger partial charge on any atom is -0.396 e. The van der Waals surface area contributed by atoms with Crippen LogP contribution in [0.5, 0.6) is 0 Å². The first-order valence-corrected chi connectivity index (χ1v) is 10.1. The number of hydrogen-bond donors (Lipinski definition) is 2. The number of pyridine rings is 1. The van der Waals surface area contributed by atoms with E-state index < -0.39 is 23.5 Å². The van der Waals surface area contributed by atoms with Crippen molar-refractivity contribution in [2.24, 2.45) is 10.2 Å². The fraction of sp³-hybridized carbons (Fsp3) is 0.0870. The van der Waals surface area contributed by atoms with Gasteiger partial charge in [-0.3, -0.25) is 4.98 Å². The molecule has 0 amide bonds. The third-order valence-electron chi connectivity index (χ3n) is 4.95. The number of azo groups is 1. The molecule has 11 heteroatoms. The zero-order valence-electron chi connectivity index (χ0n) is 17.0. The van der Waals surface area contributed by atoms with Gasteiger partial charge in [-0.25, -0.2) is 0 Å². The highest BCUT2D eigenvalue weighted by atomic mass is 32.1. The SMILES string of the molecule is Nc1c(/N=N/c2ccc(-c3cc(C(F)(F)F)cc(C(F)(F)F)c3)nc2)cc(S)c2ccccc12. The summed E-state index contributed by atoms with van der Waals surface area (Å²) in [4.78, 5) is 4.60. The van der Waals surface area contributed by atoms with Crippen LogP contribution in [-0.2, 0) is 12.4 Å². The van der Waals surface area contributed by atoms with Gasteiger partial charge in [-0.2, -0.15) is 26.3 Å². The molecule has 4 aromatic rings. The summed E-state index contributed by atoms with van der Waals surface area (Å²) in [6, 6.07) is 12.9. The van der Waals surface area contributed by atoms with Gasteiger partial charge in [-0.1, -0.05) is 24.3 Å². The van der Waals surface area contributed by atoms with Gasteiger partial charge >= 0.3 is 12.4 Å². The normalized spacial score (nSPS) is 12.6. The number of alkyl halides is 6. The van der Waals surface area contributed by atoms with Crippen LogP contribution in [0.15, 0.2) is 82.0 Å². The average Bonchev–Trinajstić information content (AvgIpc) is 2.79. The molecule has 0 spiro atoms. The molecule has 0 bridgehead atoms. The van der Waals surface area contributed by atoms with E-state index >= 15 is 0 Å². The van der Waals surface area contributed by atoms with Crippen LogP contribution >= 0.6 is 12.6 Å². The Balaban J connectivity index is 1.67. The van der Waals surface area contributed by atoms with Crippen molar-refractivity contribution < 1.29 is 26.3 Å². The summed E-state index contributed by atoms with van der Waals surface area (Å²) >= 11 is 4.43. The lowest BCUT2D eigenvalue weighted by atomic mass is 10.0. The molecule has 0 aliphatic heterocycles. The highest BCUT2D eigenvalue weighted by Gasteiger charge is 2.37. The Morgan fingerprint density at radius 3 is 1.94 bits per heavy atom. The van der Waals surface area contributed by atoms with Gasteiger partial charge in [0.2, 0.25) is 0 Å². The predicted molar refractivity (Wildman–Crippen MR) is 119 cm³/mol. The number of anilines is 1. The number of thiol groups is 1. The lowest BCUT2D eigenvalue weighted by Crippen LogP contribution is -2.11. The molecule has 1 heterocycles. The van der Waals surface area contributed by atoms with Gasteiger partial charge in [0.25, 0.3) is 0 Å². The van der Waals surface area contributed by atoms with E-state index in [2.05, 4.69) is 27.8 Å². The van der Waals surface area contributed by atoms with Gasteiger partial charge in [-0.15, -0.1) is 22.9 Å². The fourth-order valence-electron chi connectivity index (χ4n) is 3.28. The summed E-state index contributed by atoms with van der Waals surface area (Å²) in [5.41, 5.74) is 3.86. The molecular weight excluding hydrogens is 478 g/mol. The number of nitrogens with two attached hydrogens (primary N) is 1. The summed E-state index contributed by atoms with van der Waals surface area (Å²) < 4.78 is 78.6. The highest BCUT2D eigenvalue weighted by Crippen LogP contribution is 2.39. The lowest BCUT2D eigenvalue weighted by Gasteiger charge is -2.14. The third-order valence-corrected chi connectivity index (χ3v) is 5.32. The van der Waals surface area contributed by atoms with Gasteiger partial charge in [0.15, 0.2) is 0 Å². The number of aromatic nitrogens is 1. The van der Waals surface area contributed by atoms with E-state index in [-0.39, 0.29) is 23.0 Å². The molecule has 4 rings (SSSR count). The van der Waals surface area contributed by atoms with Crippen molar-refractivity contribution in [3.05, 3.63) is 78.0 Å². The van der Waals surface area contributed by atoms with Gasteiger partial charge in [0.1, 0.15) is 11.4 Å². The average molecular weight is 492 g/mol. The molecule has 0 atom stereocenters. The monoisotopic (exact) mass is 492 g/mol. The lowest BCUT2D eigenvalue weighted by molar-refractivity contribution is -0.143. The summed E-state index contributed by atoms with van der Waals surface area (Å²) in [6.45, 7) is 0. The summed E-state index contributed by atoms with van der Waals surface area (Å²) in [7, 11) is 0. The zero-order chi connectivity index (χ0) is 24.7. The van der Waals surface area contributed by atoms with E-state index in [1.165, 1.54) is 18.3 Å². The second-order valence-electron chi connectivity index (χ2n) is 7.27. The van der Waals surface area contributed by atoms with Crippen LogP contribution in [-0.4, -0.2) is 4.98 Å². The molecule has 0 unspecified atom stereocenters. The van der Waals surface area contributed by atoms with Crippen LogP contribution in [0.4, 0.5) is 43.4 Å². The molecule has 174 valence electrons. The van der Waals surface area contributed by atoms with Gasteiger partial charge in [0.05, 0.1) is 28.7 Å². The summed E-state index contributed by atoms with van der Waals surface area (Å²) in [6.07, 6.45) is -8.71. The number of nitrogens with zero attached hydrogens (tertiary/aromatic N) is 3. The van der Waals surface area contributed by atoms with Crippen LogP contribution in [0.25, 0.3) is 22.0 Å². The highest BCUT2D eigenvalue weighted by molar-refractivity contribution is 7.80. The number of fused-ring (bicyclic) bond motifs is 1. The number of halogens is 6.